The largest absolute Gasteiger partial charge is 0.479 e. The number of nitrogen functional groups attached to an aromatic ring is 1. The molecule has 0 aliphatic rings. The number of ether oxygens (including phenoxy) is 1. The first-order chi connectivity index (χ1) is 13.4. The number of nitrogens with one attached hydrogen (secondary N) is 1. The van der Waals surface area contributed by atoms with Crippen LogP contribution in [0, 0.1) is 5.82 Å². The first-order valence-electron chi connectivity index (χ1n) is 8.56. The van der Waals surface area contributed by atoms with Crippen molar-refractivity contribution in [3.05, 3.63) is 42.1 Å². The molecule has 0 atom stereocenters. The maximum Gasteiger partial charge on any atom is 0.255 e. The van der Waals surface area contributed by atoms with E-state index in [1.807, 2.05) is 13.8 Å². The molecular weight excluding hydrogens is 365 g/mol. The lowest BCUT2D eigenvalue weighted by molar-refractivity contribution is 0.0944. The van der Waals surface area contributed by atoms with E-state index in [9.17, 15) is 9.18 Å². The molecule has 4 aromatic rings. The number of halogens is 1. The molecular formula is C18H18FN7O2. The van der Waals surface area contributed by atoms with Gasteiger partial charge in [0.05, 0.1) is 36.1 Å². The van der Waals surface area contributed by atoms with E-state index in [0.29, 0.717) is 22.2 Å². The molecule has 0 spiro atoms. The number of amides is 1. The highest BCUT2D eigenvalue weighted by atomic mass is 19.1. The molecule has 0 aliphatic heterocycles. The van der Waals surface area contributed by atoms with Gasteiger partial charge in [-0.2, -0.15) is 10.1 Å². The van der Waals surface area contributed by atoms with Crippen LogP contribution in [0.25, 0.3) is 22.2 Å². The smallest absolute Gasteiger partial charge is 0.255 e. The first kappa shape index (κ1) is 17.7. The van der Waals surface area contributed by atoms with E-state index in [4.69, 9.17) is 10.5 Å². The molecule has 0 saturated heterocycles. The lowest BCUT2D eigenvalue weighted by Crippen LogP contribution is -2.29. The van der Waals surface area contributed by atoms with E-state index in [1.54, 1.807) is 22.8 Å². The highest BCUT2D eigenvalue weighted by Gasteiger charge is 2.21. The van der Waals surface area contributed by atoms with Crippen LogP contribution in [0.3, 0.4) is 0 Å². The number of hydrogen-bond donors (Lipinski definition) is 2. The third-order valence-electron chi connectivity index (χ3n) is 4.24. The average molecular weight is 383 g/mol. The predicted octanol–water partition coefficient (Wildman–Crippen LogP) is 1.91. The van der Waals surface area contributed by atoms with Crippen molar-refractivity contribution in [3.63, 3.8) is 0 Å². The van der Waals surface area contributed by atoms with Crippen molar-refractivity contribution in [1.82, 2.24) is 29.5 Å². The van der Waals surface area contributed by atoms with Gasteiger partial charge in [-0.3, -0.25) is 4.79 Å². The van der Waals surface area contributed by atoms with Crippen LogP contribution in [0.2, 0.25) is 0 Å². The zero-order valence-electron chi connectivity index (χ0n) is 15.5. The lowest BCUT2D eigenvalue weighted by atomic mass is 10.1. The number of pyridine rings is 1. The summed E-state index contributed by atoms with van der Waals surface area (Å²) in [5.41, 5.74) is 7.70. The van der Waals surface area contributed by atoms with Gasteiger partial charge in [0.25, 0.3) is 5.91 Å². The monoisotopic (exact) mass is 383 g/mol. The molecule has 0 radical (unpaired) electrons. The molecule has 4 heterocycles. The summed E-state index contributed by atoms with van der Waals surface area (Å²) < 4.78 is 22.9. The summed E-state index contributed by atoms with van der Waals surface area (Å²) in [6, 6.07) is 3.36. The Morgan fingerprint density at radius 3 is 2.86 bits per heavy atom. The van der Waals surface area contributed by atoms with E-state index in [2.05, 4.69) is 20.5 Å². The Labute approximate surface area is 158 Å². The summed E-state index contributed by atoms with van der Waals surface area (Å²) in [5, 5.41) is 11.0. The SMILES string of the molecule is COc1nc(N)nn2cc(F)c(-c3ccn4ncc(C(=O)NC(C)C)c4c3)c12. The molecule has 10 heteroatoms. The average Bonchev–Trinajstić information content (AvgIpc) is 3.19. The number of aromatic nitrogens is 5. The van der Waals surface area contributed by atoms with Gasteiger partial charge in [0.2, 0.25) is 11.8 Å². The number of fused-ring (bicyclic) bond motifs is 2. The molecule has 9 nitrogen and oxygen atoms in total. The maximum atomic E-state index is 14.8. The summed E-state index contributed by atoms with van der Waals surface area (Å²) in [4.78, 5) is 16.5. The van der Waals surface area contributed by atoms with Crippen LogP contribution in [-0.4, -0.2) is 43.3 Å². The molecule has 0 bridgehead atoms. The molecule has 0 fully saturated rings. The minimum atomic E-state index is -0.518. The topological polar surface area (TPSA) is 112 Å². The number of carbonyl (C=O) groups excluding carboxylic acids is 1. The zero-order chi connectivity index (χ0) is 20.0. The van der Waals surface area contributed by atoms with Gasteiger partial charge in [0.1, 0.15) is 5.52 Å². The molecule has 144 valence electrons. The minimum absolute atomic E-state index is 0.0228. The van der Waals surface area contributed by atoms with Gasteiger partial charge in [-0.15, -0.1) is 5.10 Å². The molecule has 3 N–H and O–H groups in total. The highest BCUT2D eigenvalue weighted by molar-refractivity contribution is 6.01. The molecule has 0 aromatic carbocycles. The van der Waals surface area contributed by atoms with Gasteiger partial charge in [-0.25, -0.2) is 13.4 Å². The van der Waals surface area contributed by atoms with Gasteiger partial charge in [-0.05, 0) is 31.5 Å². The van der Waals surface area contributed by atoms with Gasteiger partial charge in [-0.1, -0.05) is 0 Å². The Bertz CT molecular complexity index is 1210. The van der Waals surface area contributed by atoms with Crippen LogP contribution < -0.4 is 15.8 Å². The molecule has 28 heavy (non-hydrogen) atoms. The van der Waals surface area contributed by atoms with Crippen molar-refractivity contribution in [2.24, 2.45) is 0 Å². The number of rotatable bonds is 4. The summed E-state index contributed by atoms with van der Waals surface area (Å²) in [5.74, 6) is -0.657. The van der Waals surface area contributed by atoms with Crippen molar-refractivity contribution in [3.8, 4) is 17.0 Å². The van der Waals surface area contributed by atoms with Crippen LogP contribution in [-0.2, 0) is 0 Å². The molecule has 4 aromatic heterocycles. The molecule has 0 saturated carbocycles. The second-order valence-electron chi connectivity index (χ2n) is 6.56. The fourth-order valence-electron chi connectivity index (χ4n) is 3.11. The van der Waals surface area contributed by atoms with Crippen LogP contribution in [0.15, 0.2) is 30.7 Å². The number of hydrogen-bond acceptors (Lipinski definition) is 6. The van der Waals surface area contributed by atoms with Gasteiger partial charge < -0.3 is 15.8 Å². The number of nitrogens with zero attached hydrogens (tertiary/aromatic N) is 5. The molecule has 1 amide bonds. The Kier molecular flexibility index (Phi) is 4.10. The van der Waals surface area contributed by atoms with Crippen LogP contribution >= 0.6 is 0 Å². The fourth-order valence-corrected chi connectivity index (χ4v) is 3.11. The second kappa shape index (κ2) is 6.48. The zero-order valence-corrected chi connectivity index (χ0v) is 15.5. The van der Waals surface area contributed by atoms with Crippen LogP contribution in [0.4, 0.5) is 10.3 Å². The summed E-state index contributed by atoms with van der Waals surface area (Å²) in [6.07, 6.45) is 4.35. The number of nitrogens with two attached hydrogens (primary N) is 1. The Hall–Kier alpha value is -3.69. The van der Waals surface area contributed by atoms with E-state index in [1.165, 1.54) is 24.0 Å². The quantitative estimate of drug-likeness (QED) is 0.557. The van der Waals surface area contributed by atoms with Crippen LogP contribution in [0.5, 0.6) is 5.88 Å². The number of methoxy groups -OCH3 is 1. The highest BCUT2D eigenvalue weighted by Crippen LogP contribution is 2.34. The third kappa shape index (κ3) is 2.79. The van der Waals surface area contributed by atoms with Gasteiger partial charge in [0.15, 0.2) is 5.82 Å². The van der Waals surface area contributed by atoms with Crippen molar-refractivity contribution < 1.29 is 13.9 Å². The Morgan fingerprint density at radius 2 is 2.14 bits per heavy atom. The number of carbonyl (C=O) groups is 1. The second-order valence-corrected chi connectivity index (χ2v) is 6.56. The van der Waals surface area contributed by atoms with Crippen molar-refractivity contribution in [1.29, 1.82) is 0 Å². The standard InChI is InChI=1S/C18H18FN7O2/c1-9(2)22-16(27)11-7-21-25-5-4-10(6-13(11)25)14-12(19)8-26-15(14)17(28-3)23-18(20)24-26/h4-9H,1-3H3,(H2,20,24)(H,22,27). The van der Waals surface area contributed by atoms with E-state index >= 15 is 0 Å². The van der Waals surface area contributed by atoms with Gasteiger partial charge >= 0.3 is 0 Å². The third-order valence-corrected chi connectivity index (χ3v) is 4.24. The molecule has 0 unspecified atom stereocenters. The summed E-state index contributed by atoms with van der Waals surface area (Å²) in [7, 11) is 1.42. The van der Waals surface area contributed by atoms with Crippen molar-refractivity contribution >= 4 is 22.9 Å². The molecule has 4 rings (SSSR count). The minimum Gasteiger partial charge on any atom is -0.479 e. The van der Waals surface area contributed by atoms with E-state index < -0.39 is 5.82 Å². The predicted molar refractivity (Wildman–Crippen MR) is 101 cm³/mol. The number of anilines is 1. The van der Waals surface area contributed by atoms with Crippen LogP contribution in [0.1, 0.15) is 24.2 Å². The maximum absolute atomic E-state index is 14.8. The normalized spacial score (nSPS) is 11.5. The lowest BCUT2D eigenvalue weighted by Gasteiger charge is -2.08. The first-order valence-corrected chi connectivity index (χ1v) is 8.56. The Balaban J connectivity index is 1.93. The van der Waals surface area contributed by atoms with Gasteiger partial charge in [0, 0.05) is 12.2 Å². The van der Waals surface area contributed by atoms with E-state index in [0.717, 1.165) is 0 Å². The Morgan fingerprint density at radius 1 is 1.36 bits per heavy atom. The van der Waals surface area contributed by atoms with Crippen molar-refractivity contribution in [2.45, 2.75) is 19.9 Å². The van der Waals surface area contributed by atoms with E-state index in [-0.39, 0.29) is 29.3 Å². The fraction of sp³-hybridized carbons (Fsp3) is 0.222. The summed E-state index contributed by atoms with van der Waals surface area (Å²) in [6.45, 7) is 3.74. The summed E-state index contributed by atoms with van der Waals surface area (Å²) >= 11 is 0. The molecule has 0 aliphatic carbocycles. The van der Waals surface area contributed by atoms with Crippen molar-refractivity contribution in [2.75, 3.05) is 12.8 Å².